The first-order chi connectivity index (χ1) is 14.6. The SMILES string of the molecule is C=CC(=O)Nc1cccc(Nc2nc(Oc3ccc(OCCC)cc3)ncc2F)c1. The Kier molecular flexibility index (Phi) is 6.94. The van der Waals surface area contributed by atoms with Crippen LogP contribution in [-0.4, -0.2) is 22.5 Å². The summed E-state index contributed by atoms with van der Waals surface area (Å²) < 4.78 is 25.3. The molecular formula is C22H21FN4O3. The standard InChI is InChI=1S/C22H21FN4O3/c1-3-12-29-17-8-10-18(11-9-17)30-22-24-14-19(23)21(27-22)26-16-7-5-6-15(13-16)25-20(28)4-2/h4-11,13-14H,2-3,12H2,1H3,(H,25,28)(H,24,26,27). The molecule has 0 atom stereocenters. The molecule has 0 saturated carbocycles. The molecule has 154 valence electrons. The molecule has 0 aliphatic carbocycles. The van der Waals surface area contributed by atoms with Crippen LogP contribution in [-0.2, 0) is 4.79 Å². The molecule has 0 spiro atoms. The molecule has 1 heterocycles. The van der Waals surface area contributed by atoms with Crippen LogP contribution in [0.5, 0.6) is 17.5 Å². The number of hydrogen-bond acceptors (Lipinski definition) is 6. The van der Waals surface area contributed by atoms with Crippen LogP contribution in [0.2, 0.25) is 0 Å². The van der Waals surface area contributed by atoms with Gasteiger partial charge < -0.3 is 20.1 Å². The van der Waals surface area contributed by atoms with Crippen molar-refractivity contribution in [2.45, 2.75) is 13.3 Å². The Hall–Kier alpha value is -3.94. The zero-order valence-corrected chi connectivity index (χ0v) is 16.4. The Balaban J connectivity index is 1.71. The molecule has 8 heteroatoms. The van der Waals surface area contributed by atoms with Gasteiger partial charge >= 0.3 is 6.01 Å². The van der Waals surface area contributed by atoms with Crippen LogP contribution in [0.25, 0.3) is 0 Å². The average Bonchev–Trinajstić information content (AvgIpc) is 2.76. The number of rotatable bonds is 9. The lowest BCUT2D eigenvalue weighted by Crippen LogP contribution is -2.07. The van der Waals surface area contributed by atoms with Gasteiger partial charge in [-0.1, -0.05) is 19.6 Å². The maximum Gasteiger partial charge on any atom is 0.324 e. The van der Waals surface area contributed by atoms with Crippen molar-refractivity contribution in [3.8, 4) is 17.5 Å². The van der Waals surface area contributed by atoms with E-state index >= 15 is 0 Å². The molecule has 2 aromatic carbocycles. The molecule has 1 aromatic heterocycles. The van der Waals surface area contributed by atoms with Crippen molar-refractivity contribution in [2.75, 3.05) is 17.2 Å². The summed E-state index contributed by atoms with van der Waals surface area (Å²) in [7, 11) is 0. The highest BCUT2D eigenvalue weighted by Crippen LogP contribution is 2.25. The summed E-state index contributed by atoms with van der Waals surface area (Å²) in [5, 5.41) is 5.49. The summed E-state index contributed by atoms with van der Waals surface area (Å²) in [6.45, 7) is 6.07. The van der Waals surface area contributed by atoms with E-state index in [2.05, 4.69) is 27.2 Å². The predicted octanol–water partition coefficient (Wildman–Crippen LogP) is 5.06. The zero-order chi connectivity index (χ0) is 21.3. The van der Waals surface area contributed by atoms with Crippen molar-refractivity contribution in [3.63, 3.8) is 0 Å². The topological polar surface area (TPSA) is 85.4 Å². The number of anilines is 3. The molecule has 1 amide bonds. The van der Waals surface area contributed by atoms with Gasteiger partial charge in [-0.15, -0.1) is 0 Å². The second kappa shape index (κ2) is 10.0. The summed E-state index contributed by atoms with van der Waals surface area (Å²) >= 11 is 0. The van der Waals surface area contributed by atoms with E-state index < -0.39 is 5.82 Å². The fourth-order valence-corrected chi connectivity index (χ4v) is 2.42. The summed E-state index contributed by atoms with van der Waals surface area (Å²) in [6.07, 6.45) is 3.10. The molecule has 0 saturated heterocycles. The Morgan fingerprint density at radius 3 is 2.63 bits per heavy atom. The first-order valence-electron chi connectivity index (χ1n) is 9.31. The van der Waals surface area contributed by atoms with Crippen LogP contribution in [0.3, 0.4) is 0 Å². The Morgan fingerprint density at radius 2 is 1.90 bits per heavy atom. The van der Waals surface area contributed by atoms with Crippen molar-refractivity contribution in [2.24, 2.45) is 0 Å². The van der Waals surface area contributed by atoms with Gasteiger partial charge in [-0.2, -0.15) is 4.98 Å². The number of amides is 1. The van der Waals surface area contributed by atoms with Gasteiger partial charge in [0.05, 0.1) is 12.8 Å². The van der Waals surface area contributed by atoms with E-state index in [4.69, 9.17) is 9.47 Å². The first-order valence-corrected chi connectivity index (χ1v) is 9.31. The third-order valence-electron chi connectivity index (χ3n) is 3.81. The van der Waals surface area contributed by atoms with Gasteiger partial charge in [0.25, 0.3) is 0 Å². The fraction of sp³-hybridized carbons (Fsp3) is 0.136. The lowest BCUT2D eigenvalue weighted by Gasteiger charge is -2.10. The summed E-state index contributed by atoms with van der Waals surface area (Å²) in [4.78, 5) is 19.4. The second-order valence-electron chi connectivity index (χ2n) is 6.17. The van der Waals surface area contributed by atoms with Gasteiger partial charge in [-0.25, -0.2) is 9.37 Å². The molecule has 7 nitrogen and oxygen atoms in total. The van der Waals surface area contributed by atoms with E-state index in [1.54, 1.807) is 48.5 Å². The number of nitrogens with one attached hydrogen (secondary N) is 2. The zero-order valence-electron chi connectivity index (χ0n) is 16.4. The third-order valence-corrected chi connectivity index (χ3v) is 3.81. The number of ether oxygens (including phenoxy) is 2. The van der Waals surface area contributed by atoms with E-state index in [9.17, 15) is 9.18 Å². The molecule has 0 aliphatic rings. The van der Waals surface area contributed by atoms with Gasteiger partial charge in [0.2, 0.25) is 5.91 Å². The van der Waals surface area contributed by atoms with Crippen LogP contribution in [0.1, 0.15) is 13.3 Å². The van der Waals surface area contributed by atoms with Crippen molar-refractivity contribution < 1.29 is 18.7 Å². The predicted molar refractivity (Wildman–Crippen MR) is 113 cm³/mol. The second-order valence-corrected chi connectivity index (χ2v) is 6.17. The number of halogens is 1. The van der Waals surface area contributed by atoms with E-state index in [0.29, 0.717) is 23.7 Å². The normalized spacial score (nSPS) is 10.2. The van der Waals surface area contributed by atoms with Gasteiger partial charge in [-0.05, 0) is 55.0 Å². The van der Waals surface area contributed by atoms with Gasteiger partial charge in [0.15, 0.2) is 11.6 Å². The molecule has 0 bridgehead atoms. The lowest BCUT2D eigenvalue weighted by atomic mass is 10.2. The number of carbonyl (C=O) groups excluding carboxylic acids is 1. The Bertz CT molecular complexity index is 1030. The third kappa shape index (κ3) is 5.78. The largest absolute Gasteiger partial charge is 0.494 e. The molecule has 0 aliphatic heterocycles. The number of benzene rings is 2. The molecule has 3 aromatic rings. The first kappa shape index (κ1) is 20.8. The van der Waals surface area contributed by atoms with Gasteiger partial charge in [0, 0.05) is 11.4 Å². The lowest BCUT2D eigenvalue weighted by molar-refractivity contribution is -0.111. The minimum atomic E-state index is -0.647. The van der Waals surface area contributed by atoms with E-state index in [1.165, 1.54) is 0 Å². The van der Waals surface area contributed by atoms with Crippen molar-refractivity contribution >= 4 is 23.1 Å². The fourth-order valence-electron chi connectivity index (χ4n) is 2.42. The van der Waals surface area contributed by atoms with Crippen LogP contribution >= 0.6 is 0 Å². The maximum atomic E-state index is 14.2. The summed E-state index contributed by atoms with van der Waals surface area (Å²) in [5.41, 5.74) is 1.05. The Labute approximate surface area is 173 Å². The Morgan fingerprint density at radius 1 is 1.17 bits per heavy atom. The van der Waals surface area contributed by atoms with Crippen molar-refractivity contribution in [1.82, 2.24) is 9.97 Å². The molecular weight excluding hydrogens is 387 g/mol. The minimum absolute atomic E-state index is 0.0164. The monoisotopic (exact) mass is 408 g/mol. The highest BCUT2D eigenvalue weighted by atomic mass is 19.1. The average molecular weight is 408 g/mol. The van der Waals surface area contributed by atoms with E-state index in [-0.39, 0.29) is 17.7 Å². The molecule has 0 unspecified atom stereocenters. The highest BCUT2D eigenvalue weighted by Gasteiger charge is 2.10. The van der Waals surface area contributed by atoms with Gasteiger partial charge in [-0.3, -0.25) is 4.79 Å². The highest BCUT2D eigenvalue weighted by molar-refractivity contribution is 5.99. The molecule has 0 radical (unpaired) electrons. The van der Waals surface area contributed by atoms with E-state index in [1.807, 2.05) is 6.92 Å². The molecule has 3 rings (SSSR count). The van der Waals surface area contributed by atoms with Crippen molar-refractivity contribution in [3.05, 3.63) is 73.2 Å². The molecule has 30 heavy (non-hydrogen) atoms. The smallest absolute Gasteiger partial charge is 0.324 e. The van der Waals surface area contributed by atoms with Crippen molar-refractivity contribution in [1.29, 1.82) is 0 Å². The molecule has 2 N–H and O–H groups in total. The maximum absolute atomic E-state index is 14.2. The quantitative estimate of drug-likeness (QED) is 0.481. The number of nitrogens with zero attached hydrogens (tertiary/aromatic N) is 2. The van der Waals surface area contributed by atoms with Crippen LogP contribution < -0.4 is 20.1 Å². The van der Waals surface area contributed by atoms with Crippen LogP contribution in [0.15, 0.2) is 67.4 Å². The minimum Gasteiger partial charge on any atom is -0.494 e. The number of aromatic nitrogens is 2. The van der Waals surface area contributed by atoms with Crippen LogP contribution in [0, 0.1) is 5.82 Å². The van der Waals surface area contributed by atoms with Crippen LogP contribution in [0.4, 0.5) is 21.6 Å². The molecule has 0 fully saturated rings. The number of hydrogen-bond donors (Lipinski definition) is 2. The van der Waals surface area contributed by atoms with E-state index in [0.717, 1.165) is 24.4 Å². The van der Waals surface area contributed by atoms with Gasteiger partial charge in [0.1, 0.15) is 11.5 Å². The number of carbonyl (C=O) groups is 1. The summed E-state index contributed by atoms with van der Waals surface area (Å²) in [5.74, 6) is 0.170. The summed E-state index contributed by atoms with van der Waals surface area (Å²) in [6, 6.07) is 13.7.